The van der Waals surface area contributed by atoms with E-state index >= 15 is 0 Å². The van der Waals surface area contributed by atoms with Crippen LogP contribution in [0.3, 0.4) is 0 Å². The Morgan fingerprint density at radius 3 is 2.68 bits per heavy atom. The van der Waals surface area contributed by atoms with Gasteiger partial charge in [0.15, 0.2) is 0 Å². The van der Waals surface area contributed by atoms with Crippen molar-refractivity contribution in [1.82, 2.24) is 5.43 Å². The summed E-state index contributed by atoms with van der Waals surface area (Å²) in [7, 11) is 1.63. The topological polar surface area (TPSA) is 56.5 Å². The van der Waals surface area contributed by atoms with E-state index in [0.717, 1.165) is 12.0 Å². The number of ether oxygens (including phenoxy) is 2. The van der Waals surface area contributed by atoms with Crippen LogP contribution in [0.1, 0.15) is 24.9 Å². The molecule has 2 unspecified atom stereocenters. The van der Waals surface area contributed by atoms with Gasteiger partial charge in [-0.25, -0.2) is 0 Å². The van der Waals surface area contributed by atoms with E-state index in [9.17, 15) is 8.78 Å². The van der Waals surface area contributed by atoms with E-state index in [4.69, 9.17) is 10.6 Å². The summed E-state index contributed by atoms with van der Waals surface area (Å²) < 4.78 is 33.8. The van der Waals surface area contributed by atoms with Crippen molar-refractivity contribution in [3.8, 4) is 5.75 Å². The highest BCUT2D eigenvalue weighted by Gasteiger charge is 2.18. The lowest BCUT2D eigenvalue weighted by atomic mass is 9.92. The molecule has 6 heteroatoms. The summed E-state index contributed by atoms with van der Waals surface area (Å²) in [6.45, 7) is -0.193. The average Bonchev–Trinajstić information content (AvgIpc) is 2.37. The Kier molecular flexibility index (Phi) is 6.69. The molecule has 0 bridgehead atoms. The molecule has 0 spiro atoms. The zero-order chi connectivity index (χ0) is 14.3. The number of nitrogens with two attached hydrogens (primary N) is 1. The Balaban J connectivity index is 2.79. The number of halogens is 2. The van der Waals surface area contributed by atoms with Gasteiger partial charge in [-0.2, -0.15) is 8.78 Å². The molecule has 0 saturated carbocycles. The molecule has 0 fully saturated rings. The number of methoxy groups -OCH3 is 1. The summed E-state index contributed by atoms with van der Waals surface area (Å²) in [4.78, 5) is 0. The van der Waals surface area contributed by atoms with Gasteiger partial charge >= 0.3 is 6.61 Å². The molecule has 1 aromatic rings. The van der Waals surface area contributed by atoms with Gasteiger partial charge in [-0.05, 0) is 30.0 Å². The SMILES string of the molecule is COCCC(C)C(NN)c1cccc(OC(F)F)c1. The van der Waals surface area contributed by atoms with Gasteiger partial charge in [-0.3, -0.25) is 11.3 Å². The minimum Gasteiger partial charge on any atom is -0.435 e. The molecule has 1 aromatic carbocycles. The number of benzene rings is 1. The summed E-state index contributed by atoms with van der Waals surface area (Å²) in [5.74, 6) is 5.88. The fourth-order valence-corrected chi connectivity index (χ4v) is 1.94. The summed E-state index contributed by atoms with van der Waals surface area (Å²) in [6, 6.07) is 6.41. The highest BCUT2D eigenvalue weighted by Crippen LogP contribution is 2.27. The molecule has 0 heterocycles. The number of nitrogens with one attached hydrogen (secondary N) is 1. The minimum atomic E-state index is -2.83. The van der Waals surface area contributed by atoms with E-state index in [2.05, 4.69) is 10.2 Å². The second kappa shape index (κ2) is 8.04. The first-order chi connectivity index (χ1) is 9.08. The second-order valence-corrected chi connectivity index (χ2v) is 4.35. The molecule has 0 aromatic heterocycles. The van der Waals surface area contributed by atoms with Crippen LogP contribution in [0.2, 0.25) is 0 Å². The molecule has 108 valence electrons. The fourth-order valence-electron chi connectivity index (χ4n) is 1.94. The molecular weight excluding hydrogens is 254 g/mol. The van der Waals surface area contributed by atoms with Crippen LogP contribution >= 0.6 is 0 Å². The van der Waals surface area contributed by atoms with Gasteiger partial charge in [0.25, 0.3) is 0 Å². The van der Waals surface area contributed by atoms with Crippen molar-refractivity contribution in [2.45, 2.75) is 26.0 Å². The largest absolute Gasteiger partial charge is 0.435 e. The summed E-state index contributed by atoms with van der Waals surface area (Å²) in [5.41, 5.74) is 3.52. The normalized spacial score (nSPS) is 14.4. The van der Waals surface area contributed by atoms with Crippen LogP contribution < -0.4 is 16.0 Å². The van der Waals surface area contributed by atoms with Crippen LogP contribution in [0.5, 0.6) is 5.75 Å². The predicted molar refractivity (Wildman–Crippen MR) is 68.8 cm³/mol. The number of rotatable bonds is 8. The zero-order valence-corrected chi connectivity index (χ0v) is 11.1. The highest BCUT2D eigenvalue weighted by atomic mass is 19.3. The van der Waals surface area contributed by atoms with Crippen molar-refractivity contribution < 1.29 is 18.3 Å². The molecule has 2 atom stereocenters. The quantitative estimate of drug-likeness (QED) is 0.565. The maximum atomic E-state index is 12.2. The van der Waals surface area contributed by atoms with Crippen molar-refractivity contribution in [2.75, 3.05) is 13.7 Å². The predicted octanol–water partition coefficient (Wildman–Crippen LogP) is 2.46. The van der Waals surface area contributed by atoms with Crippen molar-refractivity contribution in [3.05, 3.63) is 29.8 Å². The number of hydrogen-bond donors (Lipinski definition) is 2. The van der Waals surface area contributed by atoms with Crippen LogP contribution in [0.4, 0.5) is 8.78 Å². The van der Waals surface area contributed by atoms with E-state index < -0.39 is 6.61 Å². The lowest BCUT2D eigenvalue weighted by molar-refractivity contribution is -0.0499. The van der Waals surface area contributed by atoms with Gasteiger partial charge in [-0.15, -0.1) is 0 Å². The minimum absolute atomic E-state index is 0.131. The molecule has 0 aliphatic heterocycles. The van der Waals surface area contributed by atoms with E-state index in [0.29, 0.717) is 6.61 Å². The molecule has 1 rings (SSSR count). The molecule has 19 heavy (non-hydrogen) atoms. The average molecular weight is 274 g/mol. The van der Waals surface area contributed by atoms with Gasteiger partial charge in [0.05, 0.1) is 0 Å². The molecule has 0 saturated heterocycles. The maximum Gasteiger partial charge on any atom is 0.387 e. The third kappa shape index (κ3) is 5.10. The van der Waals surface area contributed by atoms with Crippen LogP contribution in [-0.4, -0.2) is 20.3 Å². The van der Waals surface area contributed by atoms with Gasteiger partial charge in [0.1, 0.15) is 5.75 Å². The van der Waals surface area contributed by atoms with Crippen molar-refractivity contribution >= 4 is 0 Å². The first kappa shape index (κ1) is 15.8. The summed E-state index contributed by atoms with van der Waals surface area (Å²) in [6.07, 6.45) is 0.811. The Bertz CT molecular complexity index is 377. The maximum absolute atomic E-state index is 12.2. The van der Waals surface area contributed by atoms with E-state index in [1.54, 1.807) is 19.2 Å². The Morgan fingerprint density at radius 2 is 2.11 bits per heavy atom. The van der Waals surface area contributed by atoms with Gasteiger partial charge in [0, 0.05) is 19.8 Å². The van der Waals surface area contributed by atoms with Crippen LogP contribution in [-0.2, 0) is 4.74 Å². The molecule has 0 radical (unpaired) electrons. The molecule has 0 aliphatic rings. The Morgan fingerprint density at radius 1 is 1.37 bits per heavy atom. The lowest BCUT2D eigenvalue weighted by Gasteiger charge is -2.24. The van der Waals surface area contributed by atoms with Crippen molar-refractivity contribution in [1.29, 1.82) is 0 Å². The molecule has 4 nitrogen and oxygen atoms in total. The monoisotopic (exact) mass is 274 g/mol. The Labute approximate surface area is 111 Å². The van der Waals surface area contributed by atoms with Crippen LogP contribution in [0.15, 0.2) is 24.3 Å². The summed E-state index contributed by atoms with van der Waals surface area (Å²) >= 11 is 0. The zero-order valence-electron chi connectivity index (χ0n) is 11.1. The van der Waals surface area contributed by atoms with E-state index in [-0.39, 0.29) is 17.7 Å². The van der Waals surface area contributed by atoms with Crippen molar-refractivity contribution in [2.24, 2.45) is 11.8 Å². The summed E-state index contributed by atoms with van der Waals surface area (Å²) in [5, 5.41) is 0. The third-order valence-electron chi connectivity index (χ3n) is 2.97. The first-order valence-corrected chi connectivity index (χ1v) is 6.08. The fraction of sp³-hybridized carbons (Fsp3) is 0.538. The molecular formula is C13H20F2N2O2. The highest BCUT2D eigenvalue weighted by molar-refractivity contribution is 5.30. The second-order valence-electron chi connectivity index (χ2n) is 4.35. The van der Waals surface area contributed by atoms with Gasteiger partial charge < -0.3 is 9.47 Å². The molecule has 0 aliphatic carbocycles. The van der Waals surface area contributed by atoms with Crippen LogP contribution in [0.25, 0.3) is 0 Å². The van der Waals surface area contributed by atoms with E-state index in [1.165, 1.54) is 6.07 Å². The van der Waals surface area contributed by atoms with Crippen molar-refractivity contribution in [3.63, 3.8) is 0 Å². The lowest BCUT2D eigenvalue weighted by Crippen LogP contribution is -2.33. The van der Waals surface area contributed by atoms with E-state index in [1.807, 2.05) is 13.0 Å². The number of alkyl halides is 2. The standard InChI is InChI=1S/C13H20F2N2O2/c1-9(6-7-18-2)12(17-16)10-4-3-5-11(8-10)19-13(14)15/h3-5,8-9,12-13,17H,6-7,16H2,1-2H3. The smallest absolute Gasteiger partial charge is 0.387 e. The number of hydrogen-bond acceptors (Lipinski definition) is 4. The van der Waals surface area contributed by atoms with Gasteiger partial charge in [0.2, 0.25) is 0 Å². The van der Waals surface area contributed by atoms with Crippen LogP contribution in [0, 0.1) is 5.92 Å². The number of hydrazine groups is 1. The third-order valence-corrected chi connectivity index (χ3v) is 2.97. The first-order valence-electron chi connectivity index (χ1n) is 6.08. The Hall–Kier alpha value is -1.24. The molecule has 3 N–H and O–H groups in total. The molecule has 0 amide bonds. The van der Waals surface area contributed by atoms with Gasteiger partial charge in [-0.1, -0.05) is 19.1 Å².